The number of nitro groups is 1. The Morgan fingerprint density at radius 1 is 1.47 bits per heavy atom. The van der Waals surface area contributed by atoms with Crippen LogP contribution in [0.1, 0.15) is 17.2 Å². The molecule has 1 unspecified atom stereocenters. The van der Waals surface area contributed by atoms with Crippen molar-refractivity contribution >= 4 is 23.2 Å². The van der Waals surface area contributed by atoms with E-state index in [1.165, 1.54) is 6.07 Å². The predicted molar refractivity (Wildman–Crippen MR) is 57.9 cm³/mol. The van der Waals surface area contributed by atoms with Crippen molar-refractivity contribution < 1.29 is 9.72 Å². The topological polar surface area (TPSA) is 60.2 Å². The van der Waals surface area contributed by atoms with Crippen LogP contribution in [0.3, 0.4) is 0 Å². The Morgan fingerprint density at radius 3 is 2.87 bits per heavy atom. The number of hydrogen-bond acceptors (Lipinski definition) is 4. The largest absolute Gasteiger partial charge is 0.299 e. The fourth-order valence-corrected chi connectivity index (χ4v) is 2.72. The highest BCUT2D eigenvalue weighted by atomic mass is 32.2. The van der Waals surface area contributed by atoms with E-state index >= 15 is 0 Å². The van der Waals surface area contributed by atoms with Gasteiger partial charge < -0.3 is 0 Å². The molecule has 5 heteroatoms. The molecule has 1 aliphatic heterocycles. The summed E-state index contributed by atoms with van der Waals surface area (Å²) in [6.07, 6.45) is 0.492. The Kier molecular flexibility index (Phi) is 2.73. The molecule has 1 aromatic carbocycles. The van der Waals surface area contributed by atoms with Gasteiger partial charge in [0.1, 0.15) is 5.78 Å². The number of nitrogens with zero attached hydrogens (tertiary/aromatic N) is 1. The molecule has 0 saturated carbocycles. The van der Waals surface area contributed by atoms with Crippen LogP contribution in [-0.2, 0) is 4.79 Å². The molecule has 15 heavy (non-hydrogen) atoms. The smallest absolute Gasteiger partial charge is 0.269 e. The first-order chi connectivity index (χ1) is 7.16. The number of non-ortho nitro benzene ring substituents is 1. The van der Waals surface area contributed by atoms with Crippen LogP contribution in [0.15, 0.2) is 24.3 Å². The average molecular weight is 223 g/mol. The summed E-state index contributed by atoms with van der Waals surface area (Å²) in [6, 6.07) is 6.52. The second kappa shape index (κ2) is 4.02. The van der Waals surface area contributed by atoms with Gasteiger partial charge in [0, 0.05) is 23.8 Å². The van der Waals surface area contributed by atoms with Crippen molar-refractivity contribution in [2.75, 3.05) is 5.75 Å². The van der Waals surface area contributed by atoms with Gasteiger partial charge in [0.25, 0.3) is 5.69 Å². The van der Waals surface area contributed by atoms with Gasteiger partial charge in [-0.05, 0) is 5.56 Å². The molecule has 1 aromatic rings. The molecule has 1 atom stereocenters. The minimum absolute atomic E-state index is 0.0902. The van der Waals surface area contributed by atoms with Gasteiger partial charge in [-0.3, -0.25) is 14.9 Å². The van der Waals surface area contributed by atoms with Crippen molar-refractivity contribution in [2.24, 2.45) is 0 Å². The van der Waals surface area contributed by atoms with E-state index in [2.05, 4.69) is 0 Å². The lowest BCUT2D eigenvalue weighted by molar-refractivity contribution is -0.384. The number of thioether (sulfide) groups is 1. The van der Waals surface area contributed by atoms with Crippen LogP contribution in [0.25, 0.3) is 0 Å². The van der Waals surface area contributed by atoms with Crippen molar-refractivity contribution in [3.05, 3.63) is 39.9 Å². The maximum Gasteiger partial charge on any atom is 0.269 e. The Labute approximate surface area is 90.8 Å². The van der Waals surface area contributed by atoms with Crippen molar-refractivity contribution in [2.45, 2.75) is 11.7 Å². The normalized spacial score (nSPS) is 20.5. The molecule has 0 spiro atoms. The molecule has 78 valence electrons. The number of Topliss-reactive ketones (excluding diaryl/α,β-unsaturated/α-hetero) is 1. The fraction of sp³-hybridized carbons (Fsp3) is 0.300. The van der Waals surface area contributed by atoms with Gasteiger partial charge in [0.05, 0.1) is 10.7 Å². The van der Waals surface area contributed by atoms with E-state index in [0.29, 0.717) is 12.2 Å². The molecule has 0 amide bonds. The Bertz CT molecular complexity index is 419. The van der Waals surface area contributed by atoms with E-state index in [0.717, 1.165) is 5.56 Å². The number of carbonyl (C=O) groups excluding carboxylic acids is 1. The third-order valence-electron chi connectivity index (χ3n) is 2.31. The molecule has 1 fully saturated rings. The zero-order valence-electron chi connectivity index (χ0n) is 7.88. The number of ketones is 1. The highest BCUT2D eigenvalue weighted by molar-refractivity contribution is 8.00. The molecule has 1 aliphatic rings. The van der Waals surface area contributed by atoms with Gasteiger partial charge >= 0.3 is 0 Å². The molecule has 0 bridgehead atoms. The summed E-state index contributed by atoms with van der Waals surface area (Å²) in [5.41, 5.74) is 0.965. The second-order valence-corrected chi connectivity index (χ2v) is 4.59. The number of hydrogen-bond donors (Lipinski definition) is 0. The van der Waals surface area contributed by atoms with Gasteiger partial charge in [-0.1, -0.05) is 12.1 Å². The second-order valence-electron chi connectivity index (χ2n) is 3.39. The van der Waals surface area contributed by atoms with E-state index in [4.69, 9.17) is 0 Å². The molecule has 0 aromatic heterocycles. The molecule has 4 nitrogen and oxygen atoms in total. The highest BCUT2D eigenvalue weighted by Crippen LogP contribution is 2.38. The molecular weight excluding hydrogens is 214 g/mol. The molecule has 0 aliphatic carbocycles. The van der Waals surface area contributed by atoms with Crippen molar-refractivity contribution in [3.8, 4) is 0 Å². The number of benzene rings is 1. The SMILES string of the molecule is O=C1CSC(c2cccc([N+](=O)[O-])c2)C1. The average Bonchev–Trinajstić information content (AvgIpc) is 2.65. The lowest BCUT2D eigenvalue weighted by Gasteiger charge is -2.06. The lowest BCUT2D eigenvalue weighted by atomic mass is 10.1. The summed E-state index contributed by atoms with van der Waals surface area (Å²) < 4.78 is 0. The van der Waals surface area contributed by atoms with Gasteiger partial charge in [-0.15, -0.1) is 11.8 Å². The summed E-state index contributed by atoms with van der Waals surface area (Å²) in [5, 5.41) is 10.7. The van der Waals surface area contributed by atoms with Crippen LogP contribution < -0.4 is 0 Å². The number of carbonyl (C=O) groups is 1. The van der Waals surface area contributed by atoms with Crippen LogP contribution in [0.4, 0.5) is 5.69 Å². The molecule has 1 heterocycles. The third-order valence-corrected chi connectivity index (χ3v) is 3.64. The molecule has 0 N–H and O–H groups in total. The first-order valence-electron chi connectivity index (χ1n) is 4.54. The summed E-state index contributed by atoms with van der Waals surface area (Å²) in [7, 11) is 0. The minimum Gasteiger partial charge on any atom is -0.299 e. The zero-order valence-corrected chi connectivity index (χ0v) is 8.70. The van der Waals surface area contributed by atoms with E-state index in [1.807, 2.05) is 6.07 Å². The monoisotopic (exact) mass is 223 g/mol. The molecule has 2 rings (SSSR count). The van der Waals surface area contributed by atoms with Gasteiger partial charge in [-0.25, -0.2) is 0 Å². The zero-order chi connectivity index (χ0) is 10.8. The van der Waals surface area contributed by atoms with Crippen LogP contribution in [0, 0.1) is 10.1 Å². The Morgan fingerprint density at radius 2 is 2.27 bits per heavy atom. The summed E-state index contributed by atoms with van der Waals surface area (Å²) in [6.45, 7) is 0. The maximum absolute atomic E-state index is 11.1. The van der Waals surface area contributed by atoms with Crippen molar-refractivity contribution in [1.29, 1.82) is 0 Å². The fourth-order valence-electron chi connectivity index (χ4n) is 1.57. The van der Waals surface area contributed by atoms with Crippen LogP contribution in [0.2, 0.25) is 0 Å². The van der Waals surface area contributed by atoms with Gasteiger partial charge in [0.2, 0.25) is 0 Å². The quantitative estimate of drug-likeness (QED) is 0.570. The maximum atomic E-state index is 11.1. The molecular formula is C10H9NO3S. The van der Waals surface area contributed by atoms with Crippen molar-refractivity contribution in [1.82, 2.24) is 0 Å². The first kappa shape index (κ1) is 10.2. The van der Waals surface area contributed by atoms with Crippen LogP contribution >= 0.6 is 11.8 Å². The Balaban J connectivity index is 2.25. The summed E-state index contributed by atoms with van der Waals surface area (Å²) in [5.74, 6) is 0.740. The van der Waals surface area contributed by atoms with E-state index in [-0.39, 0.29) is 16.7 Å². The summed E-state index contributed by atoms with van der Waals surface area (Å²) >= 11 is 1.55. The Hall–Kier alpha value is -1.36. The van der Waals surface area contributed by atoms with Crippen molar-refractivity contribution in [3.63, 3.8) is 0 Å². The summed E-state index contributed by atoms with van der Waals surface area (Å²) in [4.78, 5) is 21.2. The molecule has 0 radical (unpaired) electrons. The predicted octanol–water partition coefficient (Wildman–Crippen LogP) is 2.34. The standard InChI is InChI=1S/C10H9NO3S/c12-9-5-10(15-6-9)7-2-1-3-8(4-7)11(13)14/h1-4,10H,5-6H2. The van der Waals surface area contributed by atoms with E-state index in [9.17, 15) is 14.9 Å². The van der Waals surface area contributed by atoms with Crippen LogP contribution in [-0.4, -0.2) is 16.5 Å². The third kappa shape index (κ3) is 2.18. The molecule has 1 saturated heterocycles. The van der Waals surface area contributed by atoms with Gasteiger partial charge in [-0.2, -0.15) is 0 Å². The first-order valence-corrected chi connectivity index (χ1v) is 5.59. The number of nitro benzene ring substituents is 1. The lowest BCUT2D eigenvalue weighted by Crippen LogP contribution is -1.95. The van der Waals surface area contributed by atoms with Gasteiger partial charge in [0.15, 0.2) is 0 Å². The van der Waals surface area contributed by atoms with E-state index in [1.54, 1.807) is 23.9 Å². The highest BCUT2D eigenvalue weighted by Gasteiger charge is 2.25. The number of rotatable bonds is 2. The minimum atomic E-state index is -0.412. The van der Waals surface area contributed by atoms with Crippen LogP contribution in [0.5, 0.6) is 0 Å². The van der Waals surface area contributed by atoms with E-state index < -0.39 is 4.92 Å².